The Morgan fingerprint density at radius 3 is 2.38 bits per heavy atom. The van der Waals surface area contributed by atoms with Gasteiger partial charge >= 0.3 is 5.97 Å². The second-order valence-electron chi connectivity index (χ2n) is 6.96. The van der Waals surface area contributed by atoms with Crippen molar-refractivity contribution in [3.8, 4) is 0 Å². The smallest absolute Gasteiger partial charge is 0.307 e. The van der Waals surface area contributed by atoms with E-state index in [0.29, 0.717) is 13.0 Å². The average Bonchev–Trinajstić information content (AvgIpc) is 2.63. The van der Waals surface area contributed by atoms with Crippen LogP contribution in [0.4, 0.5) is 0 Å². The van der Waals surface area contributed by atoms with Crippen LogP contribution in [0.3, 0.4) is 0 Å². The van der Waals surface area contributed by atoms with Gasteiger partial charge < -0.3 is 14.7 Å². The maximum absolute atomic E-state index is 12.9. The molecule has 1 rings (SSSR count). The predicted molar refractivity (Wildman–Crippen MR) is 94.5 cm³/mol. The van der Waals surface area contributed by atoms with Gasteiger partial charge in [-0.2, -0.15) is 0 Å². The van der Waals surface area contributed by atoms with Gasteiger partial charge in [-0.25, -0.2) is 0 Å². The second-order valence-corrected chi connectivity index (χ2v) is 6.96. The van der Waals surface area contributed by atoms with Crippen LogP contribution in [0.2, 0.25) is 0 Å². The Hall–Kier alpha value is -1.10. The Bertz CT molecular complexity index is 374. The lowest BCUT2D eigenvalue weighted by molar-refractivity contribution is -0.144. The molecule has 1 atom stereocenters. The third kappa shape index (κ3) is 6.42. The molecular weight excluding hydrogens is 306 g/mol. The molecule has 0 aromatic rings. The fourth-order valence-corrected chi connectivity index (χ4v) is 3.66. The molecule has 0 aliphatic heterocycles. The van der Waals surface area contributed by atoms with Crippen molar-refractivity contribution in [2.24, 2.45) is 11.8 Å². The minimum Gasteiger partial charge on any atom is -0.469 e. The van der Waals surface area contributed by atoms with Crippen molar-refractivity contribution >= 4 is 11.9 Å². The number of nitrogens with zero attached hydrogens (tertiary/aromatic N) is 1. The first-order valence-electron chi connectivity index (χ1n) is 9.55. The minimum atomic E-state index is -0.316. The lowest BCUT2D eigenvalue weighted by atomic mass is 9.79. The summed E-state index contributed by atoms with van der Waals surface area (Å²) in [5, 5.41) is 9.60. The monoisotopic (exact) mass is 341 g/mol. The third-order valence-corrected chi connectivity index (χ3v) is 5.35. The van der Waals surface area contributed by atoms with Gasteiger partial charge in [0.2, 0.25) is 5.91 Å². The molecule has 1 fully saturated rings. The summed E-state index contributed by atoms with van der Waals surface area (Å²) in [7, 11) is 1.36. The van der Waals surface area contributed by atoms with E-state index in [2.05, 4.69) is 11.7 Å². The average molecular weight is 341 g/mol. The maximum Gasteiger partial charge on any atom is 0.307 e. The molecule has 0 radical (unpaired) electrons. The number of hydrogen-bond acceptors (Lipinski definition) is 4. The van der Waals surface area contributed by atoms with Gasteiger partial charge in [-0.3, -0.25) is 9.59 Å². The standard InChI is InChI=1S/C19H35NO4/c1-4-6-7-15-8-10-16(11-9-15)19(23)20(17(5-2)14-21)13-12-18(22)24-3/h15-17,21H,4-14H2,1-3H3. The molecule has 5 heteroatoms. The molecule has 0 spiro atoms. The largest absolute Gasteiger partial charge is 0.469 e. The highest BCUT2D eigenvalue weighted by molar-refractivity contribution is 5.80. The van der Waals surface area contributed by atoms with E-state index < -0.39 is 0 Å². The van der Waals surface area contributed by atoms with Crippen LogP contribution >= 0.6 is 0 Å². The molecule has 0 bridgehead atoms. The van der Waals surface area contributed by atoms with E-state index in [1.807, 2.05) is 6.92 Å². The zero-order valence-corrected chi connectivity index (χ0v) is 15.6. The highest BCUT2D eigenvalue weighted by Crippen LogP contribution is 2.33. The van der Waals surface area contributed by atoms with E-state index in [0.717, 1.165) is 31.6 Å². The third-order valence-electron chi connectivity index (χ3n) is 5.35. The fourth-order valence-electron chi connectivity index (χ4n) is 3.66. The zero-order chi connectivity index (χ0) is 17.9. The fraction of sp³-hybridized carbons (Fsp3) is 0.895. The van der Waals surface area contributed by atoms with Crippen LogP contribution < -0.4 is 0 Å². The Balaban J connectivity index is 2.62. The number of amides is 1. The molecule has 1 saturated carbocycles. The first-order chi connectivity index (χ1) is 11.6. The number of methoxy groups -OCH3 is 1. The summed E-state index contributed by atoms with van der Waals surface area (Å²) < 4.78 is 4.69. The van der Waals surface area contributed by atoms with Gasteiger partial charge in [0.15, 0.2) is 0 Å². The van der Waals surface area contributed by atoms with Crippen molar-refractivity contribution in [3.63, 3.8) is 0 Å². The van der Waals surface area contributed by atoms with Crippen LogP contribution in [0, 0.1) is 11.8 Å². The summed E-state index contributed by atoms with van der Waals surface area (Å²) in [5.41, 5.74) is 0. The first-order valence-corrected chi connectivity index (χ1v) is 9.55. The molecule has 1 aliphatic carbocycles. The number of ether oxygens (including phenoxy) is 1. The van der Waals surface area contributed by atoms with Gasteiger partial charge in [-0.05, 0) is 38.0 Å². The molecule has 0 heterocycles. The highest BCUT2D eigenvalue weighted by atomic mass is 16.5. The van der Waals surface area contributed by atoms with Crippen molar-refractivity contribution < 1.29 is 19.4 Å². The van der Waals surface area contributed by atoms with Gasteiger partial charge in [0.25, 0.3) is 0 Å². The molecule has 1 aliphatic rings. The van der Waals surface area contributed by atoms with Gasteiger partial charge in [0.1, 0.15) is 0 Å². The van der Waals surface area contributed by atoms with Crippen LogP contribution in [0.15, 0.2) is 0 Å². The highest BCUT2D eigenvalue weighted by Gasteiger charge is 2.32. The van der Waals surface area contributed by atoms with Gasteiger partial charge in [0, 0.05) is 12.5 Å². The molecular formula is C19H35NO4. The first kappa shape index (κ1) is 20.9. The van der Waals surface area contributed by atoms with Crippen LogP contribution in [0.5, 0.6) is 0 Å². The van der Waals surface area contributed by atoms with Crippen molar-refractivity contribution in [1.82, 2.24) is 4.90 Å². The second kappa shape index (κ2) is 11.5. The number of aliphatic hydroxyl groups excluding tert-OH is 1. The molecule has 1 amide bonds. The number of aliphatic hydroxyl groups is 1. The molecule has 1 unspecified atom stereocenters. The van der Waals surface area contributed by atoms with E-state index in [4.69, 9.17) is 0 Å². The molecule has 1 N–H and O–H groups in total. The van der Waals surface area contributed by atoms with Gasteiger partial charge in [-0.1, -0.05) is 33.1 Å². The van der Waals surface area contributed by atoms with Crippen molar-refractivity contribution in [2.75, 3.05) is 20.3 Å². The normalized spacial score (nSPS) is 22.0. The summed E-state index contributed by atoms with van der Waals surface area (Å²) in [5.74, 6) is 0.594. The van der Waals surface area contributed by atoms with Crippen molar-refractivity contribution in [3.05, 3.63) is 0 Å². The van der Waals surface area contributed by atoms with E-state index in [-0.39, 0.29) is 36.9 Å². The molecule has 0 aromatic heterocycles. The predicted octanol–water partition coefficient (Wildman–Crippen LogP) is 3.15. The van der Waals surface area contributed by atoms with E-state index in [1.54, 1.807) is 4.90 Å². The van der Waals surface area contributed by atoms with Crippen LogP contribution in [-0.2, 0) is 14.3 Å². The minimum absolute atomic E-state index is 0.0427. The summed E-state index contributed by atoms with van der Waals surface area (Å²) >= 11 is 0. The van der Waals surface area contributed by atoms with Crippen LogP contribution in [0.25, 0.3) is 0 Å². The zero-order valence-electron chi connectivity index (χ0n) is 15.6. The summed E-state index contributed by atoms with van der Waals surface area (Å²) in [4.78, 5) is 26.1. The molecule has 140 valence electrons. The summed E-state index contributed by atoms with van der Waals surface area (Å²) in [6, 6.07) is -0.208. The SMILES string of the molecule is CCCCC1CCC(C(=O)N(CCC(=O)OC)C(CC)CO)CC1. The molecule has 24 heavy (non-hydrogen) atoms. The maximum atomic E-state index is 12.9. The van der Waals surface area contributed by atoms with E-state index in [9.17, 15) is 14.7 Å². The Labute approximate surface area is 146 Å². The van der Waals surface area contributed by atoms with Gasteiger partial charge in [0.05, 0.1) is 26.2 Å². The number of unbranched alkanes of at least 4 members (excludes halogenated alkanes) is 1. The number of carbonyl (C=O) groups is 2. The van der Waals surface area contributed by atoms with Crippen LogP contribution in [0.1, 0.15) is 71.6 Å². The number of esters is 1. The van der Waals surface area contributed by atoms with Crippen LogP contribution in [-0.4, -0.2) is 48.2 Å². The Morgan fingerprint density at radius 2 is 1.88 bits per heavy atom. The Morgan fingerprint density at radius 1 is 1.21 bits per heavy atom. The summed E-state index contributed by atoms with van der Waals surface area (Å²) in [6.45, 7) is 4.45. The Kier molecular flexibility index (Phi) is 9.99. The lowest BCUT2D eigenvalue weighted by Gasteiger charge is -2.35. The topological polar surface area (TPSA) is 66.8 Å². The number of rotatable bonds is 10. The van der Waals surface area contributed by atoms with E-state index >= 15 is 0 Å². The molecule has 0 aromatic carbocycles. The number of hydrogen-bond donors (Lipinski definition) is 1. The van der Waals surface area contributed by atoms with Crippen molar-refractivity contribution in [1.29, 1.82) is 0 Å². The summed E-state index contributed by atoms with van der Waals surface area (Å²) in [6.07, 6.45) is 8.77. The molecule has 5 nitrogen and oxygen atoms in total. The quantitative estimate of drug-likeness (QED) is 0.620. The van der Waals surface area contributed by atoms with E-state index in [1.165, 1.54) is 26.4 Å². The lowest BCUT2D eigenvalue weighted by Crippen LogP contribution is -2.46. The van der Waals surface area contributed by atoms with Crippen molar-refractivity contribution in [2.45, 2.75) is 77.7 Å². The number of carbonyl (C=O) groups excluding carboxylic acids is 2. The molecule has 0 saturated heterocycles. The van der Waals surface area contributed by atoms with Gasteiger partial charge in [-0.15, -0.1) is 0 Å².